The van der Waals surface area contributed by atoms with Gasteiger partial charge in [-0.15, -0.1) is 0 Å². The van der Waals surface area contributed by atoms with E-state index in [0.29, 0.717) is 6.07 Å². The van der Waals surface area contributed by atoms with Crippen molar-refractivity contribution in [1.29, 1.82) is 0 Å². The van der Waals surface area contributed by atoms with E-state index in [1.807, 2.05) is 0 Å². The van der Waals surface area contributed by atoms with Crippen LogP contribution in [0.2, 0.25) is 0 Å². The molecule has 0 atom stereocenters. The maximum atomic E-state index is 12.7. The van der Waals surface area contributed by atoms with Crippen LogP contribution in [0.25, 0.3) is 0 Å². The quantitative estimate of drug-likeness (QED) is 0.475. The molecule has 1 heterocycles. The molecule has 21 heavy (non-hydrogen) atoms. The Balaban J connectivity index is 2.53. The van der Waals surface area contributed by atoms with E-state index in [1.165, 1.54) is 4.90 Å². The Morgan fingerprint density at radius 3 is 2.19 bits per heavy atom. The minimum absolute atomic E-state index is 0.105. The van der Waals surface area contributed by atoms with Crippen LogP contribution in [-0.4, -0.2) is 31.2 Å². The van der Waals surface area contributed by atoms with E-state index in [0.717, 1.165) is 0 Å². The summed E-state index contributed by atoms with van der Waals surface area (Å²) in [5.74, 6) is 0. The van der Waals surface area contributed by atoms with Gasteiger partial charge in [-0.2, -0.15) is 0 Å². The standard InChI is InChI=1S/C10H11F5N2O3S/c11-21(12,13,14,15)8-1-2-9(10(7-8)17(18)19)16-3-5-20-6-4-16/h1-2,7H,3-6H2. The number of benzene rings is 1. The predicted octanol–water partition coefficient (Wildman–Crippen LogP) is 4.09. The van der Waals surface area contributed by atoms with Crippen molar-refractivity contribution in [3.8, 4) is 0 Å². The van der Waals surface area contributed by atoms with Gasteiger partial charge in [0.2, 0.25) is 0 Å². The first kappa shape index (κ1) is 15.8. The molecule has 0 N–H and O–H groups in total. The van der Waals surface area contributed by atoms with E-state index in [1.54, 1.807) is 0 Å². The van der Waals surface area contributed by atoms with E-state index >= 15 is 0 Å². The molecule has 1 aliphatic heterocycles. The molecule has 11 heteroatoms. The predicted molar refractivity (Wildman–Crippen MR) is 67.5 cm³/mol. The molecular formula is C10H11F5N2O3S. The SMILES string of the molecule is O=[N+]([O-])c1cc(S(F)(F)(F)(F)F)ccc1N1CCOCC1. The number of ether oxygens (including phenoxy) is 1. The molecule has 0 spiro atoms. The summed E-state index contributed by atoms with van der Waals surface area (Å²) in [6, 6.07) is 0.780. The van der Waals surface area contributed by atoms with E-state index < -0.39 is 25.7 Å². The van der Waals surface area contributed by atoms with Gasteiger partial charge in [0.1, 0.15) is 10.6 Å². The Bertz CT molecular complexity index is 586. The van der Waals surface area contributed by atoms with Crippen LogP contribution in [0.1, 0.15) is 0 Å². The highest BCUT2D eigenvalue weighted by Gasteiger charge is 2.66. The Hall–Kier alpha value is -1.62. The minimum atomic E-state index is -9.94. The normalized spacial score (nSPS) is 19.8. The number of hydrogen-bond acceptors (Lipinski definition) is 4. The van der Waals surface area contributed by atoms with Crippen LogP contribution < -0.4 is 4.90 Å². The Labute approximate surface area is 116 Å². The first-order valence-electron chi connectivity index (χ1n) is 5.74. The van der Waals surface area contributed by atoms with Crippen molar-refractivity contribution in [2.24, 2.45) is 0 Å². The molecule has 0 radical (unpaired) electrons. The zero-order chi connectivity index (χ0) is 16.0. The lowest BCUT2D eigenvalue weighted by Gasteiger charge is -2.40. The third kappa shape index (κ3) is 3.53. The van der Waals surface area contributed by atoms with E-state index in [2.05, 4.69) is 0 Å². The third-order valence-corrected chi connectivity index (χ3v) is 4.09. The fraction of sp³-hybridized carbons (Fsp3) is 0.400. The number of halogens is 5. The van der Waals surface area contributed by atoms with Crippen molar-refractivity contribution in [3.05, 3.63) is 28.3 Å². The maximum absolute atomic E-state index is 12.7. The number of nitro groups is 1. The lowest BCUT2D eigenvalue weighted by Crippen LogP contribution is -2.36. The summed E-state index contributed by atoms with van der Waals surface area (Å²) in [5, 5.41) is 10.9. The van der Waals surface area contributed by atoms with Crippen LogP contribution in [0, 0.1) is 10.1 Å². The zero-order valence-electron chi connectivity index (χ0n) is 10.5. The molecule has 1 fully saturated rings. The van der Waals surface area contributed by atoms with Crippen molar-refractivity contribution in [1.82, 2.24) is 0 Å². The smallest absolute Gasteiger partial charge is 0.310 e. The zero-order valence-corrected chi connectivity index (χ0v) is 11.3. The first-order chi connectivity index (χ1) is 9.38. The van der Waals surface area contributed by atoms with E-state index in [-0.39, 0.29) is 44.1 Å². The molecule has 5 nitrogen and oxygen atoms in total. The van der Waals surface area contributed by atoms with Gasteiger partial charge in [0.25, 0.3) is 5.69 Å². The highest BCUT2D eigenvalue weighted by atomic mass is 32.5. The Morgan fingerprint density at radius 2 is 1.71 bits per heavy atom. The van der Waals surface area contributed by atoms with Crippen molar-refractivity contribution in [3.63, 3.8) is 0 Å². The number of nitro benzene ring substituents is 1. The molecule has 1 aliphatic rings. The second-order valence-corrected chi connectivity index (χ2v) is 6.89. The van der Waals surface area contributed by atoms with Gasteiger partial charge in [-0.05, 0) is 12.1 Å². The van der Waals surface area contributed by atoms with Gasteiger partial charge in [-0.1, -0.05) is 19.4 Å². The van der Waals surface area contributed by atoms with Crippen LogP contribution in [0.5, 0.6) is 0 Å². The fourth-order valence-corrected chi connectivity index (χ4v) is 2.62. The number of morpholine rings is 1. The molecule has 0 saturated carbocycles. The van der Waals surface area contributed by atoms with Gasteiger partial charge in [-0.25, -0.2) is 0 Å². The van der Waals surface area contributed by atoms with Gasteiger partial charge in [0.05, 0.1) is 18.1 Å². The molecular weight excluding hydrogens is 323 g/mol. The van der Waals surface area contributed by atoms with Gasteiger partial charge in [0, 0.05) is 19.2 Å². The fourth-order valence-electron chi connectivity index (χ4n) is 1.96. The number of rotatable bonds is 3. The van der Waals surface area contributed by atoms with Gasteiger partial charge in [-0.3, -0.25) is 10.1 Å². The van der Waals surface area contributed by atoms with E-state index in [9.17, 15) is 29.5 Å². The van der Waals surface area contributed by atoms with Crippen LogP contribution >= 0.6 is 10.2 Å². The van der Waals surface area contributed by atoms with Crippen LogP contribution in [0.4, 0.5) is 30.8 Å². The highest BCUT2D eigenvalue weighted by molar-refractivity contribution is 8.45. The monoisotopic (exact) mass is 334 g/mol. The average Bonchev–Trinajstić information content (AvgIpc) is 2.36. The first-order valence-corrected chi connectivity index (χ1v) is 7.69. The second kappa shape index (κ2) is 4.19. The largest absolute Gasteiger partial charge is 0.378 e. The number of anilines is 1. The Kier molecular flexibility index (Phi) is 3.15. The molecule has 2 rings (SSSR count). The van der Waals surface area contributed by atoms with E-state index in [4.69, 9.17) is 4.74 Å². The molecule has 0 bridgehead atoms. The summed E-state index contributed by atoms with van der Waals surface area (Å²) in [7, 11) is -9.94. The summed E-state index contributed by atoms with van der Waals surface area (Å²) < 4.78 is 68.6. The molecule has 0 amide bonds. The molecule has 1 aromatic rings. The summed E-state index contributed by atoms with van der Waals surface area (Å²) >= 11 is 0. The Morgan fingerprint density at radius 1 is 1.14 bits per heavy atom. The number of nitrogens with zero attached hydrogens (tertiary/aromatic N) is 2. The average molecular weight is 334 g/mol. The van der Waals surface area contributed by atoms with Crippen LogP contribution in [0.15, 0.2) is 23.1 Å². The summed E-state index contributed by atoms with van der Waals surface area (Å²) in [6.07, 6.45) is 0. The minimum Gasteiger partial charge on any atom is -0.378 e. The molecule has 1 saturated heterocycles. The molecule has 0 aliphatic carbocycles. The van der Waals surface area contributed by atoms with Crippen LogP contribution in [0.3, 0.4) is 0 Å². The van der Waals surface area contributed by atoms with Gasteiger partial charge >= 0.3 is 10.2 Å². The molecule has 1 aromatic carbocycles. The van der Waals surface area contributed by atoms with Crippen molar-refractivity contribution >= 4 is 21.6 Å². The summed E-state index contributed by atoms with van der Waals surface area (Å²) in [6.45, 7) is 0.966. The van der Waals surface area contributed by atoms with Crippen molar-refractivity contribution < 1.29 is 29.1 Å². The second-order valence-electron chi connectivity index (χ2n) is 4.48. The maximum Gasteiger partial charge on any atom is 0.310 e. The van der Waals surface area contributed by atoms with Crippen LogP contribution in [-0.2, 0) is 4.74 Å². The van der Waals surface area contributed by atoms with Gasteiger partial charge in [0.15, 0.2) is 0 Å². The van der Waals surface area contributed by atoms with Crippen molar-refractivity contribution in [2.45, 2.75) is 4.90 Å². The lowest BCUT2D eigenvalue weighted by atomic mass is 10.2. The van der Waals surface area contributed by atoms with Crippen molar-refractivity contribution in [2.75, 3.05) is 31.2 Å². The molecule has 0 unspecified atom stereocenters. The third-order valence-electron chi connectivity index (χ3n) is 2.94. The summed E-state index contributed by atoms with van der Waals surface area (Å²) in [5.41, 5.74) is -1.13. The molecule has 0 aromatic heterocycles. The topological polar surface area (TPSA) is 55.6 Å². The highest BCUT2D eigenvalue weighted by Crippen LogP contribution is 3.02. The lowest BCUT2D eigenvalue weighted by molar-refractivity contribution is -0.384. The van der Waals surface area contributed by atoms with Gasteiger partial charge < -0.3 is 9.64 Å². The number of hydrogen-bond donors (Lipinski definition) is 0. The molecule has 120 valence electrons. The summed E-state index contributed by atoms with van der Waals surface area (Å²) in [4.78, 5) is 8.96.